The van der Waals surface area contributed by atoms with Crippen LogP contribution in [0.2, 0.25) is 0 Å². The normalized spacial score (nSPS) is 17.8. The van der Waals surface area contributed by atoms with Crippen LogP contribution >= 0.6 is 22.7 Å². The fourth-order valence-corrected chi connectivity index (χ4v) is 4.40. The summed E-state index contributed by atoms with van der Waals surface area (Å²) in [7, 11) is 0. The first-order valence-corrected chi connectivity index (χ1v) is 8.60. The minimum atomic E-state index is -0.0455. The summed E-state index contributed by atoms with van der Waals surface area (Å²) < 4.78 is 0. The molecule has 20 heavy (non-hydrogen) atoms. The Morgan fingerprint density at radius 3 is 3.10 bits per heavy atom. The molecule has 2 heterocycles. The number of rotatable bonds is 3. The number of hydrogen-bond acceptors (Lipinski definition) is 5. The number of thiophene rings is 1. The molecule has 1 atom stereocenters. The van der Waals surface area contributed by atoms with Crippen molar-refractivity contribution in [3.8, 4) is 0 Å². The Morgan fingerprint density at radius 2 is 2.35 bits per heavy atom. The van der Waals surface area contributed by atoms with Gasteiger partial charge >= 0.3 is 0 Å². The minimum Gasteiger partial charge on any atom is -0.296 e. The highest BCUT2D eigenvalue weighted by Crippen LogP contribution is 2.33. The molecule has 3 rings (SSSR count). The molecule has 0 saturated carbocycles. The molecule has 0 aromatic carbocycles. The summed E-state index contributed by atoms with van der Waals surface area (Å²) in [4.78, 5) is 13.7. The molecule has 106 valence electrons. The summed E-state index contributed by atoms with van der Waals surface area (Å²) in [6.07, 6.45) is 4.13. The molecule has 1 aliphatic carbocycles. The second-order valence-corrected chi connectivity index (χ2v) is 7.23. The molecule has 0 radical (unpaired) electrons. The van der Waals surface area contributed by atoms with E-state index < -0.39 is 0 Å². The van der Waals surface area contributed by atoms with Crippen LogP contribution in [0.15, 0.2) is 5.38 Å². The topological polar surface area (TPSA) is 54.9 Å². The van der Waals surface area contributed by atoms with Gasteiger partial charge < -0.3 is 0 Å². The first-order valence-electron chi connectivity index (χ1n) is 6.90. The van der Waals surface area contributed by atoms with Gasteiger partial charge in [0.15, 0.2) is 0 Å². The van der Waals surface area contributed by atoms with Crippen LogP contribution in [0.25, 0.3) is 0 Å². The van der Waals surface area contributed by atoms with E-state index in [0.29, 0.717) is 5.13 Å². The van der Waals surface area contributed by atoms with Crippen molar-refractivity contribution < 1.29 is 4.79 Å². The molecule has 1 amide bonds. The van der Waals surface area contributed by atoms with Gasteiger partial charge in [-0.15, -0.1) is 21.5 Å². The summed E-state index contributed by atoms with van der Waals surface area (Å²) >= 11 is 3.16. The molecule has 4 nitrogen and oxygen atoms in total. The molecule has 1 N–H and O–H groups in total. The highest BCUT2D eigenvalue weighted by Gasteiger charge is 2.23. The minimum absolute atomic E-state index is 0.0455. The summed E-state index contributed by atoms with van der Waals surface area (Å²) in [6.45, 7) is 4.30. The van der Waals surface area contributed by atoms with E-state index in [9.17, 15) is 4.79 Å². The average molecular weight is 307 g/mol. The third-order valence-corrected chi connectivity index (χ3v) is 5.67. The first kappa shape index (κ1) is 13.7. The molecule has 0 spiro atoms. The third kappa shape index (κ3) is 2.62. The quantitative estimate of drug-likeness (QED) is 0.943. The molecular formula is C14H17N3OS2. The fourth-order valence-electron chi connectivity index (χ4n) is 2.48. The maximum Gasteiger partial charge on any atom is 0.258 e. The fraction of sp³-hybridized carbons (Fsp3) is 0.500. The van der Waals surface area contributed by atoms with Gasteiger partial charge in [-0.2, -0.15) is 0 Å². The zero-order valence-electron chi connectivity index (χ0n) is 11.6. The van der Waals surface area contributed by atoms with Gasteiger partial charge in [-0.25, -0.2) is 0 Å². The van der Waals surface area contributed by atoms with Crippen LogP contribution < -0.4 is 5.32 Å². The van der Waals surface area contributed by atoms with Gasteiger partial charge in [0.1, 0.15) is 5.01 Å². The molecule has 0 aliphatic heterocycles. The van der Waals surface area contributed by atoms with Crippen LogP contribution in [0.4, 0.5) is 5.13 Å². The monoisotopic (exact) mass is 307 g/mol. The van der Waals surface area contributed by atoms with E-state index in [2.05, 4.69) is 22.4 Å². The van der Waals surface area contributed by atoms with E-state index in [4.69, 9.17) is 0 Å². The lowest BCUT2D eigenvalue weighted by molar-refractivity contribution is 0.102. The maximum absolute atomic E-state index is 12.4. The van der Waals surface area contributed by atoms with Gasteiger partial charge in [0.05, 0.1) is 5.56 Å². The van der Waals surface area contributed by atoms with Gasteiger partial charge in [0.25, 0.3) is 5.91 Å². The van der Waals surface area contributed by atoms with Gasteiger partial charge in [-0.05, 0) is 37.2 Å². The van der Waals surface area contributed by atoms with E-state index in [1.165, 1.54) is 28.2 Å². The van der Waals surface area contributed by atoms with E-state index in [1.54, 1.807) is 11.3 Å². The zero-order chi connectivity index (χ0) is 14.1. The summed E-state index contributed by atoms with van der Waals surface area (Å²) in [5.41, 5.74) is 2.07. The van der Waals surface area contributed by atoms with Crippen molar-refractivity contribution in [3.05, 3.63) is 26.4 Å². The summed E-state index contributed by atoms with van der Waals surface area (Å²) in [6, 6.07) is 0. The molecule has 0 saturated heterocycles. The summed E-state index contributed by atoms with van der Waals surface area (Å²) in [5, 5.41) is 14.4. The predicted octanol–water partition coefficient (Wildman–Crippen LogP) is 3.54. The maximum atomic E-state index is 12.4. The lowest BCUT2D eigenvalue weighted by atomic mass is 9.88. The molecule has 0 fully saturated rings. The predicted molar refractivity (Wildman–Crippen MR) is 82.7 cm³/mol. The lowest BCUT2D eigenvalue weighted by Gasteiger charge is -2.18. The molecule has 6 heteroatoms. The number of nitrogens with one attached hydrogen (secondary N) is 1. The molecule has 2 aromatic rings. The molecule has 2 aromatic heterocycles. The van der Waals surface area contributed by atoms with Gasteiger partial charge in [0.2, 0.25) is 5.13 Å². The molecule has 1 aliphatic rings. The number of carbonyl (C=O) groups excluding carboxylic acids is 1. The van der Waals surface area contributed by atoms with Crippen molar-refractivity contribution in [2.75, 3.05) is 5.32 Å². The van der Waals surface area contributed by atoms with E-state index in [-0.39, 0.29) is 5.91 Å². The standard InChI is InChI=1S/C14H17N3OS2/c1-3-12-16-17-14(20-12)15-13(18)10-7-19-11-6-8(2)4-5-9(10)11/h7-8H,3-6H2,1-2H3,(H,15,17,18)/t8-/m1/s1. The van der Waals surface area contributed by atoms with Crippen molar-refractivity contribution in [1.29, 1.82) is 0 Å². The van der Waals surface area contributed by atoms with E-state index in [0.717, 1.165) is 35.8 Å². The number of fused-ring (bicyclic) bond motifs is 1. The van der Waals surface area contributed by atoms with Crippen LogP contribution in [-0.4, -0.2) is 16.1 Å². The first-order chi connectivity index (χ1) is 9.67. The van der Waals surface area contributed by atoms with Gasteiger partial charge in [0, 0.05) is 10.3 Å². The second kappa shape index (κ2) is 5.61. The smallest absolute Gasteiger partial charge is 0.258 e. The summed E-state index contributed by atoms with van der Waals surface area (Å²) in [5.74, 6) is 0.684. The average Bonchev–Trinajstić information content (AvgIpc) is 3.04. The number of anilines is 1. The van der Waals surface area contributed by atoms with Crippen molar-refractivity contribution in [1.82, 2.24) is 10.2 Å². The third-order valence-electron chi connectivity index (χ3n) is 3.64. The Hall–Kier alpha value is -1.27. The molecule has 0 bridgehead atoms. The van der Waals surface area contributed by atoms with Crippen molar-refractivity contribution >= 4 is 33.7 Å². The highest BCUT2D eigenvalue weighted by molar-refractivity contribution is 7.15. The zero-order valence-corrected chi connectivity index (χ0v) is 13.2. The van der Waals surface area contributed by atoms with Crippen molar-refractivity contribution in [3.63, 3.8) is 0 Å². The number of aryl methyl sites for hydroxylation is 1. The van der Waals surface area contributed by atoms with Gasteiger partial charge in [-0.1, -0.05) is 25.2 Å². The second-order valence-electron chi connectivity index (χ2n) is 5.21. The van der Waals surface area contributed by atoms with Crippen LogP contribution in [0.5, 0.6) is 0 Å². The highest BCUT2D eigenvalue weighted by atomic mass is 32.1. The van der Waals surface area contributed by atoms with E-state index in [1.807, 2.05) is 12.3 Å². The van der Waals surface area contributed by atoms with Crippen molar-refractivity contribution in [2.24, 2.45) is 5.92 Å². The number of hydrogen-bond donors (Lipinski definition) is 1. The van der Waals surface area contributed by atoms with E-state index >= 15 is 0 Å². The Kier molecular flexibility index (Phi) is 3.85. The number of aromatic nitrogens is 2. The Labute approximate surface area is 126 Å². The number of amides is 1. The van der Waals surface area contributed by atoms with Crippen LogP contribution in [-0.2, 0) is 19.3 Å². The SMILES string of the molecule is CCc1nnc(NC(=O)c2csc3c2CC[C@@H](C)C3)s1. The number of carbonyl (C=O) groups is 1. The molecule has 0 unspecified atom stereocenters. The number of nitrogens with zero attached hydrogens (tertiary/aromatic N) is 2. The van der Waals surface area contributed by atoms with Crippen LogP contribution in [0.1, 0.15) is 46.1 Å². The largest absolute Gasteiger partial charge is 0.296 e. The van der Waals surface area contributed by atoms with Crippen molar-refractivity contribution in [2.45, 2.75) is 39.5 Å². The van der Waals surface area contributed by atoms with Crippen LogP contribution in [0.3, 0.4) is 0 Å². The Morgan fingerprint density at radius 1 is 1.50 bits per heavy atom. The lowest BCUT2D eigenvalue weighted by Crippen LogP contribution is -2.16. The Balaban J connectivity index is 1.77. The van der Waals surface area contributed by atoms with Gasteiger partial charge in [-0.3, -0.25) is 10.1 Å². The van der Waals surface area contributed by atoms with Crippen LogP contribution in [0, 0.1) is 5.92 Å². The Bertz CT molecular complexity index is 632. The molecular weight excluding hydrogens is 290 g/mol.